The highest BCUT2D eigenvalue weighted by molar-refractivity contribution is 5.82. The molecule has 1 aromatic rings. The standard InChI is InChI=1S/C16H25N3O3/c1-19(2)14(12-6-4-5-7-15(12)22-3)10-18-16(21)13-8-11(20)9-17-13/h4-7,11,13-14,17,20H,8-10H2,1-3H3,(H,18,21)/t11-,13-,14+/m1/s1. The fourth-order valence-corrected chi connectivity index (χ4v) is 2.75. The van der Waals surface area contributed by atoms with E-state index in [1.54, 1.807) is 7.11 Å². The maximum absolute atomic E-state index is 12.2. The zero-order valence-corrected chi connectivity index (χ0v) is 13.4. The molecule has 0 unspecified atom stereocenters. The van der Waals surface area contributed by atoms with Gasteiger partial charge in [-0.3, -0.25) is 4.79 Å². The van der Waals surface area contributed by atoms with Crippen LogP contribution in [0, 0.1) is 0 Å². The number of β-amino-alcohol motifs (C(OH)–C–C–N with tert-alkyl or cyclic N) is 1. The second-order valence-electron chi connectivity index (χ2n) is 5.82. The van der Waals surface area contributed by atoms with Gasteiger partial charge in [-0.25, -0.2) is 0 Å². The Hall–Kier alpha value is -1.63. The van der Waals surface area contributed by atoms with Gasteiger partial charge in [-0.15, -0.1) is 0 Å². The van der Waals surface area contributed by atoms with Gasteiger partial charge >= 0.3 is 0 Å². The molecule has 0 bridgehead atoms. The molecule has 1 fully saturated rings. The lowest BCUT2D eigenvalue weighted by Gasteiger charge is -2.27. The summed E-state index contributed by atoms with van der Waals surface area (Å²) in [5, 5.41) is 15.5. The van der Waals surface area contributed by atoms with Gasteiger partial charge in [0.2, 0.25) is 5.91 Å². The Morgan fingerprint density at radius 1 is 1.50 bits per heavy atom. The van der Waals surface area contributed by atoms with Crippen LogP contribution in [-0.4, -0.2) is 62.4 Å². The van der Waals surface area contributed by atoms with E-state index in [0.29, 0.717) is 19.5 Å². The van der Waals surface area contributed by atoms with Crippen molar-refractivity contribution in [3.8, 4) is 5.75 Å². The molecule has 122 valence electrons. The second kappa shape index (κ2) is 7.58. The third kappa shape index (κ3) is 3.97. The molecule has 1 amide bonds. The fourth-order valence-electron chi connectivity index (χ4n) is 2.75. The molecule has 0 aliphatic carbocycles. The van der Waals surface area contributed by atoms with Gasteiger partial charge in [-0.1, -0.05) is 18.2 Å². The van der Waals surface area contributed by atoms with Crippen molar-refractivity contribution in [1.29, 1.82) is 0 Å². The molecule has 1 heterocycles. The first-order valence-corrected chi connectivity index (χ1v) is 7.51. The summed E-state index contributed by atoms with van der Waals surface area (Å²) in [5.74, 6) is 0.739. The topological polar surface area (TPSA) is 73.8 Å². The van der Waals surface area contributed by atoms with Crippen LogP contribution in [0.25, 0.3) is 0 Å². The van der Waals surface area contributed by atoms with E-state index in [2.05, 4.69) is 15.5 Å². The van der Waals surface area contributed by atoms with E-state index < -0.39 is 6.10 Å². The summed E-state index contributed by atoms with van der Waals surface area (Å²) in [6, 6.07) is 7.53. The lowest BCUT2D eigenvalue weighted by Crippen LogP contribution is -2.43. The largest absolute Gasteiger partial charge is 0.496 e. The van der Waals surface area contributed by atoms with Gasteiger partial charge in [0, 0.05) is 18.7 Å². The van der Waals surface area contributed by atoms with Crippen LogP contribution in [0.15, 0.2) is 24.3 Å². The molecular weight excluding hydrogens is 282 g/mol. The average Bonchev–Trinajstić information content (AvgIpc) is 2.94. The molecule has 6 nitrogen and oxygen atoms in total. The van der Waals surface area contributed by atoms with Crippen LogP contribution < -0.4 is 15.4 Å². The highest BCUT2D eigenvalue weighted by Crippen LogP contribution is 2.27. The molecule has 1 aliphatic rings. The number of para-hydroxylation sites is 1. The fraction of sp³-hybridized carbons (Fsp3) is 0.562. The number of likely N-dealkylation sites (N-methyl/N-ethyl adjacent to an activating group) is 1. The van der Waals surface area contributed by atoms with E-state index in [1.807, 2.05) is 38.4 Å². The molecular formula is C16H25N3O3. The maximum atomic E-state index is 12.2. The SMILES string of the molecule is COc1ccccc1[C@H](CNC(=O)[C@H]1C[C@@H](O)CN1)N(C)C. The highest BCUT2D eigenvalue weighted by atomic mass is 16.5. The van der Waals surface area contributed by atoms with Crippen molar-refractivity contribution in [2.75, 3.05) is 34.3 Å². The number of hydrogen-bond donors (Lipinski definition) is 3. The minimum atomic E-state index is -0.436. The van der Waals surface area contributed by atoms with Crippen LogP contribution in [0.4, 0.5) is 0 Å². The number of amides is 1. The van der Waals surface area contributed by atoms with Gasteiger partial charge < -0.3 is 25.4 Å². The molecule has 1 aromatic carbocycles. The number of carbonyl (C=O) groups is 1. The molecule has 0 radical (unpaired) electrons. The van der Waals surface area contributed by atoms with Crippen molar-refractivity contribution in [2.45, 2.75) is 24.6 Å². The third-order valence-electron chi connectivity index (χ3n) is 4.02. The molecule has 2 rings (SSSR count). The van der Waals surface area contributed by atoms with Crippen LogP contribution in [-0.2, 0) is 4.79 Å². The number of nitrogens with one attached hydrogen (secondary N) is 2. The summed E-state index contributed by atoms with van der Waals surface area (Å²) in [7, 11) is 5.59. The molecule has 0 saturated carbocycles. The smallest absolute Gasteiger partial charge is 0.237 e. The van der Waals surface area contributed by atoms with Crippen LogP contribution >= 0.6 is 0 Å². The van der Waals surface area contributed by atoms with Crippen molar-refractivity contribution in [3.05, 3.63) is 29.8 Å². The molecule has 1 aliphatic heterocycles. The predicted molar refractivity (Wildman–Crippen MR) is 84.8 cm³/mol. The van der Waals surface area contributed by atoms with Gasteiger partial charge in [0.15, 0.2) is 0 Å². The number of hydrogen-bond acceptors (Lipinski definition) is 5. The van der Waals surface area contributed by atoms with E-state index in [0.717, 1.165) is 11.3 Å². The summed E-state index contributed by atoms with van der Waals surface area (Å²) < 4.78 is 5.41. The van der Waals surface area contributed by atoms with Crippen LogP contribution in [0.1, 0.15) is 18.0 Å². The van der Waals surface area contributed by atoms with E-state index in [1.165, 1.54) is 0 Å². The normalized spacial score (nSPS) is 22.6. The van der Waals surface area contributed by atoms with Gasteiger partial charge in [-0.2, -0.15) is 0 Å². The Morgan fingerprint density at radius 2 is 2.23 bits per heavy atom. The minimum Gasteiger partial charge on any atom is -0.496 e. The first kappa shape index (κ1) is 16.7. The Balaban J connectivity index is 2.02. The Kier molecular flexibility index (Phi) is 5.76. The molecule has 0 spiro atoms. The number of aliphatic hydroxyl groups excluding tert-OH is 1. The third-order valence-corrected chi connectivity index (χ3v) is 4.02. The predicted octanol–water partition coefficient (Wildman–Crippen LogP) is 0.137. The Bertz CT molecular complexity index is 507. The minimum absolute atomic E-state index is 0.0198. The van der Waals surface area contributed by atoms with Crippen LogP contribution in [0.2, 0.25) is 0 Å². The summed E-state index contributed by atoms with van der Waals surface area (Å²) in [5.41, 5.74) is 1.04. The van der Waals surface area contributed by atoms with E-state index in [9.17, 15) is 9.90 Å². The molecule has 22 heavy (non-hydrogen) atoms. The van der Waals surface area contributed by atoms with Crippen LogP contribution in [0.5, 0.6) is 5.75 Å². The summed E-state index contributed by atoms with van der Waals surface area (Å²) in [6.07, 6.45) is 0.0299. The number of nitrogens with zero attached hydrogens (tertiary/aromatic N) is 1. The second-order valence-corrected chi connectivity index (χ2v) is 5.82. The molecule has 3 N–H and O–H groups in total. The zero-order valence-electron chi connectivity index (χ0n) is 13.4. The van der Waals surface area contributed by atoms with Crippen molar-refractivity contribution in [1.82, 2.24) is 15.5 Å². The quantitative estimate of drug-likeness (QED) is 0.697. The average molecular weight is 307 g/mol. The number of carbonyl (C=O) groups excluding carboxylic acids is 1. The van der Waals surface area contributed by atoms with Crippen molar-refractivity contribution >= 4 is 5.91 Å². The van der Waals surface area contributed by atoms with Crippen molar-refractivity contribution < 1.29 is 14.6 Å². The monoisotopic (exact) mass is 307 g/mol. The molecule has 0 aromatic heterocycles. The zero-order chi connectivity index (χ0) is 16.1. The number of ether oxygens (including phenoxy) is 1. The summed E-state index contributed by atoms with van der Waals surface area (Å²) in [4.78, 5) is 14.2. The van der Waals surface area contributed by atoms with Gasteiger partial charge in [0.1, 0.15) is 5.75 Å². The first-order valence-electron chi connectivity index (χ1n) is 7.51. The van der Waals surface area contributed by atoms with Gasteiger partial charge in [0.25, 0.3) is 0 Å². The highest BCUT2D eigenvalue weighted by Gasteiger charge is 2.28. The number of rotatable bonds is 6. The summed E-state index contributed by atoms with van der Waals surface area (Å²) >= 11 is 0. The van der Waals surface area contributed by atoms with Crippen LogP contribution in [0.3, 0.4) is 0 Å². The molecule has 3 atom stereocenters. The maximum Gasteiger partial charge on any atom is 0.237 e. The van der Waals surface area contributed by atoms with Gasteiger partial charge in [-0.05, 0) is 26.6 Å². The Morgan fingerprint density at radius 3 is 2.82 bits per heavy atom. The number of benzene rings is 1. The Labute approximate surface area is 131 Å². The van der Waals surface area contributed by atoms with E-state index >= 15 is 0 Å². The number of aliphatic hydroxyl groups is 1. The molecule has 1 saturated heterocycles. The van der Waals surface area contributed by atoms with E-state index in [4.69, 9.17) is 4.74 Å². The van der Waals surface area contributed by atoms with Crippen molar-refractivity contribution in [2.24, 2.45) is 0 Å². The first-order chi connectivity index (χ1) is 10.5. The van der Waals surface area contributed by atoms with E-state index in [-0.39, 0.29) is 18.0 Å². The lowest BCUT2D eigenvalue weighted by atomic mass is 10.0. The molecule has 6 heteroatoms. The van der Waals surface area contributed by atoms with Gasteiger partial charge in [0.05, 0.1) is 25.3 Å². The van der Waals surface area contributed by atoms with Crippen molar-refractivity contribution in [3.63, 3.8) is 0 Å². The lowest BCUT2D eigenvalue weighted by molar-refractivity contribution is -0.123. The summed E-state index contributed by atoms with van der Waals surface area (Å²) in [6.45, 7) is 0.961. The number of methoxy groups -OCH3 is 1.